The summed E-state index contributed by atoms with van der Waals surface area (Å²) in [5.74, 6) is -1.00. The number of nitro groups is 1. The van der Waals surface area contributed by atoms with Crippen LogP contribution in [0.3, 0.4) is 0 Å². The SMILES string of the molecule is CC(OC(=O)CN(C)c1ncccn1)C(=O)Nc1ccccc1[N+](=O)[O-]. The third-order valence-electron chi connectivity index (χ3n) is 3.30. The summed E-state index contributed by atoms with van der Waals surface area (Å²) < 4.78 is 5.06. The Kier molecular flexibility index (Phi) is 6.15. The standard InChI is InChI=1S/C16H17N5O5/c1-11(15(23)19-12-6-3-4-7-13(12)21(24)25)26-14(22)10-20(2)16-17-8-5-9-18-16/h3-9,11H,10H2,1-2H3,(H,19,23). The van der Waals surface area contributed by atoms with Gasteiger partial charge in [-0.15, -0.1) is 0 Å². The number of para-hydroxylation sites is 2. The van der Waals surface area contributed by atoms with Crippen LogP contribution in [-0.2, 0) is 14.3 Å². The second-order valence-electron chi connectivity index (χ2n) is 5.30. The van der Waals surface area contributed by atoms with Crippen molar-refractivity contribution in [2.24, 2.45) is 0 Å². The van der Waals surface area contributed by atoms with E-state index in [1.54, 1.807) is 19.2 Å². The number of likely N-dealkylation sites (N-methyl/N-ethyl adjacent to an activating group) is 1. The highest BCUT2D eigenvalue weighted by Gasteiger charge is 2.22. The van der Waals surface area contributed by atoms with Gasteiger partial charge in [-0.3, -0.25) is 19.7 Å². The van der Waals surface area contributed by atoms with E-state index in [0.29, 0.717) is 5.95 Å². The molecule has 0 fully saturated rings. The van der Waals surface area contributed by atoms with Gasteiger partial charge in [-0.2, -0.15) is 0 Å². The first-order valence-corrected chi connectivity index (χ1v) is 7.60. The van der Waals surface area contributed by atoms with Gasteiger partial charge in [-0.1, -0.05) is 12.1 Å². The molecule has 1 atom stereocenters. The Labute approximate surface area is 149 Å². The molecule has 0 saturated carbocycles. The van der Waals surface area contributed by atoms with Gasteiger partial charge in [0, 0.05) is 25.5 Å². The number of nitro benzene ring substituents is 1. The minimum Gasteiger partial charge on any atom is -0.451 e. The van der Waals surface area contributed by atoms with E-state index in [4.69, 9.17) is 4.74 Å². The number of amides is 1. The molecule has 1 N–H and O–H groups in total. The van der Waals surface area contributed by atoms with Gasteiger partial charge in [-0.05, 0) is 19.1 Å². The summed E-state index contributed by atoms with van der Waals surface area (Å²) in [6, 6.07) is 7.34. The minimum atomic E-state index is -1.13. The molecule has 136 valence electrons. The van der Waals surface area contributed by atoms with Crippen LogP contribution in [0.25, 0.3) is 0 Å². The number of aromatic nitrogens is 2. The molecule has 0 bridgehead atoms. The van der Waals surface area contributed by atoms with Crippen LogP contribution in [0.5, 0.6) is 0 Å². The van der Waals surface area contributed by atoms with Gasteiger partial charge in [0.1, 0.15) is 12.2 Å². The number of anilines is 2. The molecule has 2 aromatic rings. The maximum absolute atomic E-state index is 12.1. The lowest BCUT2D eigenvalue weighted by molar-refractivity contribution is -0.383. The highest BCUT2D eigenvalue weighted by molar-refractivity contribution is 5.97. The quantitative estimate of drug-likeness (QED) is 0.446. The molecule has 1 aromatic carbocycles. The average Bonchev–Trinajstić information content (AvgIpc) is 2.62. The molecule has 0 spiro atoms. The Hall–Kier alpha value is -3.56. The lowest BCUT2D eigenvalue weighted by atomic mass is 10.2. The van der Waals surface area contributed by atoms with Gasteiger partial charge in [-0.25, -0.2) is 9.97 Å². The van der Waals surface area contributed by atoms with Crippen LogP contribution >= 0.6 is 0 Å². The third-order valence-corrected chi connectivity index (χ3v) is 3.30. The van der Waals surface area contributed by atoms with Crippen molar-refractivity contribution in [3.63, 3.8) is 0 Å². The smallest absolute Gasteiger partial charge is 0.326 e. The molecule has 1 aromatic heterocycles. The minimum absolute atomic E-state index is 0.0280. The molecule has 26 heavy (non-hydrogen) atoms. The van der Waals surface area contributed by atoms with Crippen molar-refractivity contribution in [2.75, 3.05) is 23.8 Å². The number of ether oxygens (including phenoxy) is 1. The summed E-state index contributed by atoms with van der Waals surface area (Å²) in [4.78, 5) is 43.9. The molecular weight excluding hydrogens is 342 g/mol. The van der Waals surface area contributed by atoms with Crippen molar-refractivity contribution >= 4 is 29.2 Å². The highest BCUT2D eigenvalue weighted by atomic mass is 16.6. The lowest BCUT2D eigenvalue weighted by Gasteiger charge is -2.18. The van der Waals surface area contributed by atoms with Crippen LogP contribution < -0.4 is 10.2 Å². The average molecular weight is 359 g/mol. The third kappa shape index (κ3) is 4.97. The monoisotopic (exact) mass is 359 g/mol. The van der Waals surface area contributed by atoms with Gasteiger partial charge in [0.05, 0.1) is 4.92 Å². The topological polar surface area (TPSA) is 128 Å². The van der Waals surface area contributed by atoms with Crippen LogP contribution in [0.4, 0.5) is 17.3 Å². The number of esters is 1. The van der Waals surface area contributed by atoms with Crippen molar-refractivity contribution in [1.29, 1.82) is 0 Å². The van der Waals surface area contributed by atoms with E-state index in [1.807, 2.05) is 0 Å². The molecule has 0 radical (unpaired) electrons. The molecule has 10 nitrogen and oxygen atoms in total. The lowest BCUT2D eigenvalue weighted by Crippen LogP contribution is -2.35. The van der Waals surface area contributed by atoms with E-state index in [-0.39, 0.29) is 17.9 Å². The second-order valence-corrected chi connectivity index (χ2v) is 5.30. The molecule has 1 amide bonds. The first-order chi connectivity index (χ1) is 12.4. The maximum atomic E-state index is 12.1. The van der Waals surface area contributed by atoms with E-state index in [2.05, 4.69) is 15.3 Å². The predicted octanol–water partition coefficient (Wildman–Crippen LogP) is 1.39. The Bertz CT molecular complexity index is 799. The zero-order chi connectivity index (χ0) is 19.1. The van der Waals surface area contributed by atoms with E-state index in [9.17, 15) is 19.7 Å². The fourth-order valence-electron chi connectivity index (χ4n) is 2.01. The van der Waals surface area contributed by atoms with Crippen LogP contribution in [-0.4, -0.2) is 46.5 Å². The normalized spacial score (nSPS) is 11.3. The molecule has 0 aliphatic carbocycles. The number of hydrogen-bond donors (Lipinski definition) is 1. The first kappa shape index (κ1) is 18.8. The van der Waals surface area contributed by atoms with Crippen LogP contribution in [0, 0.1) is 10.1 Å². The predicted molar refractivity (Wildman–Crippen MR) is 92.6 cm³/mol. The van der Waals surface area contributed by atoms with Crippen molar-refractivity contribution in [1.82, 2.24) is 9.97 Å². The van der Waals surface area contributed by atoms with Gasteiger partial charge in [0.25, 0.3) is 11.6 Å². The Morgan fingerprint density at radius 2 is 1.92 bits per heavy atom. The zero-order valence-electron chi connectivity index (χ0n) is 14.2. The fourth-order valence-corrected chi connectivity index (χ4v) is 2.01. The summed E-state index contributed by atoms with van der Waals surface area (Å²) >= 11 is 0. The number of nitrogens with one attached hydrogen (secondary N) is 1. The number of benzene rings is 1. The second kappa shape index (κ2) is 8.51. The van der Waals surface area contributed by atoms with Crippen molar-refractivity contribution < 1.29 is 19.2 Å². The Morgan fingerprint density at radius 1 is 1.27 bits per heavy atom. The molecule has 0 saturated heterocycles. The summed E-state index contributed by atoms with van der Waals surface area (Å²) in [5.41, 5.74) is -0.222. The zero-order valence-corrected chi connectivity index (χ0v) is 14.2. The molecule has 10 heteroatoms. The molecular formula is C16H17N5O5. The number of hydrogen-bond acceptors (Lipinski definition) is 8. The van der Waals surface area contributed by atoms with Crippen molar-refractivity contribution in [3.8, 4) is 0 Å². The van der Waals surface area contributed by atoms with Gasteiger partial charge >= 0.3 is 5.97 Å². The summed E-state index contributed by atoms with van der Waals surface area (Å²) in [7, 11) is 1.61. The number of nitrogens with zero attached hydrogens (tertiary/aromatic N) is 4. The largest absolute Gasteiger partial charge is 0.451 e. The highest BCUT2D eigenvalue weighted by Crippen LogP contribution is 2.23. The summed E-state index contributed by atoms with van der Waals surface area (Å²) in [5, 5.41) is 13.3. The summed E-state index contributed by atoms with van der Waals surface area (Å²) in [6.07, 6.45) is 1.94. The van der Waals surface area contributed by atoms with Gasteiger partial charge < -0.3 is 15.0 Å². The van der Waals surface area contributed by atoms with Crippen LogP contribution in [0.1, 0.15) is 6.92 Å². The Morgan fingerprint density at radius 3 is 2.58 bits per heavy atom. The molecule has 1 unspecified atom stereocenters. The van der Waals surface area contributed by atoms with Crippen LogP contribution in [0.15, 0.2) is 42.7 Å². The van der Waals surface area contributed by atoms with E-state index >= 15 is 0 Å². The number of carbonyl (C=O) groups is 2. The van der Waals surface area contributed by atoms with Gasteiger partial charge in [0.15, 0.2) is 6.10 Å². The number of carbonyl (C=O) groups excluding carboxylic acids is 2. The fraction of sp³-hybridized carbons (Fsp3) is 0.250. The van der Waals surface area contributed by atoms with Crippen LogP contribution in [0.2, 0.25) is 0 Å². The van der Waals surface area contributed by atoms with E-state index in [1.165, 1.54) is 42.4 Å². The maximum Gasteiger partial charge on any atom is 0.326 e. The molecule has 0 aliphatic rings. The van der Waals surface area contributed by atoms with Crippen molar-refractivity contribution in [2.45, 2.75) is 13.0 Å². The van der Waals surface area contributed by atoms with E-state index in [0.717, 1.165) is 0 Å². The Balaban J connectivity index is 1.92. The summed E-state index contributed by atoms with van der Waals surface area (Å²) in [6.45, 7) is 1.22. The van der Waals surface area contributed by atoms with Gasteiger partial charge in [0.2, 0.25) is 5.95 Å². The molecule has 0 aliphatic heterocycles. The van der Waals surface area contributed by atoms with Crippen molar-refractivity contribution in [3.05, 3.63) is 52.8 Å². The molecule has 2 rings (SSSR count). The number of rotatable bonds is 7. The molecule has 1 heterocycles. The first-order valence-electron chi connectivity index (χ1n) is 7.60. The van der Waals surface area contributed by atoms with E-state index < -0.39 is 22.9 Å².